The lowest BCUT2D eigenvalue weighted by atomic mass is 9.86. The number of rotatable bonds is 1. The predicted molar refractivity (Wildman–Crippen MR) is 71.8 cm³/mol. The van der Waals surface area contributed by atoms with Gasteiger partial charge in [-0.1, -0.05) is 26.8 Å². The van der Waals surface area contributed by atoms with Crippen LogP contribution < -0.4 is 5.14 Å². The number of nitrogens with two attached hydrogens (primary N) is 1. The monoisotopic (exact) mass is 264 g/mol. The SMILES string of the molecule is CC(C)(C)c1cc(S(N)(=O)=O)c2ncccc2c1. The van der Waals surface area contributed by atoms with Gasteiger partial charge >= 0.3 is 0 Å². The lowest BCUT2D eigenvalue weighted by Crippen LogP contribution is -2.17. The maximum absolute atomic E-state index is 11.7. The van der Waals surface area contributed by atoms with E-state index in [1.54, 1.807) is 18.3 Å². The van der Waals surface area contributed by atoms with Crippen LogP contribution in [0.5, 0.6) is 0 Å². The lowest BCUT2D eigenvalue weighted by Gasteiger charge is -2.20. The molecule has 0 unspecified atom stereocenters. The van der Waals surface area contributed by atoms with Gasteiger partial charge in [-0.3, -0.25) is 4.98 Å². The second kappa shape index (κ2) is 4.03. The summed E-state index contributed by atoms with van der Waals surface area (Å²) in [6.45, 7) is 6.08. The van der Waals surface area contributed by atoms with Gasteiger partial charge in [0.2, 0.25) is 10.0 Å². The fraction of sp³-hybridized carbons (Fsp3) is 0.308. The van der Waals surface area contributed by atoms with Gasteiger partial charge in [0.15, 0.2) is 0 Å². The highest BCUT2D eigenvalue weighted by Crippen LogP contribution is 2.29. The summed E-state index contributed by atoms with van der Waals surface area (Å²) in [7, 11) is -3.77. The number of sulfonamides is 1. The van der Waals surface area contributed by atoms with E-state index in [4.69, 9.17) is 5.14 Å². The van der Waals surface area contributed by atoms with E-state index in [1.165, 1.54) is 0 Å². The Morgan fingerprint density at radius 1 is 1.22 bits per heavy atom. The topological polar surface area (TPSA) is 73.1 Å². The maximum atomic E-state index is 11.7. The molecule has 0 aliphatic carbocycles. The van der Waals surface area contributed by atoms with Gasteiger partial charge in [-0.2, -0.15) is 0 Å². The highest BCUT2D eigenvalue weighted by molar-refractivity contribution is 7.89. The highest BCUT2D eigenvalue weighted by Gasteiger charge is 2.20. The molecule has 1 heterocycles. The van der Waals surface area contributed by atoms with Crippen LogP contribution in [0.25, 0.3) is 10.9 Å². The van der Waals surface area contributed by atoms with Gasteiger partial charge in [-0.05, 0) is 29.2 Å². The molecule has 0 aliphatic rings. The first-order valence-electron chi connectivity index (χ1n) is 5.62. The van der Waals surface area contributed by atoms with Gasteiger partial charge in [0.1, 0.15) is 4.90 Å². The molecule has 0 spiro atoms. The molecule has 0 fully saturated rings. The van der Waals surface area contributed by atoms with E-state index in [-0.39, 0.29) is 10.3 Å². The molecule has 0 saturated carbocycles. The molecule has 0 aliphatic heterocycles. The number of pyridine rings is 1. The van der Waals surface area contributed by atoms with Crippen LogP contribution in [0.3, 0.4) is 0 Å². The summed E-state index contributed by atoms with van der Waals surface area (Å²) in [6.07, 6.45) is 1.56. The molecule has 2 N–H and O–H groups in total. The molecule has 0 radical (unpaired) electrons. The van der Waals surface area contributed by atoms with Crippen molar-refractivity contribution in [3.63, 3.8) is 0 Å². The first kappa shape index (κ1) is 13.0. The zero-order valence-electron chi connectivity index (χ0n) is 10.6. The van der Waals surface area contributed by atoms with Crippen LogP contribution in [0.2, 0.25) is 0 Å². The first-order valence-corrected chi connectivity index (χ1v) is 7.16. The number of nitrogens with zero attached hydrogens (tertiary/aromatic N) is 1. The summed E-state index contributed by atoms with van der Waals surface area (Å²) in [6, 6.07) is 7.19. The third kappa shape index (κ3) is 2.37. The molecule has 1 aromatic carbocycles. The Hall–Kier alpha value is -1.46. The van der Waals surface area contributed by atoms with Crippen molar-refractivity contribution in [2.75, 3.05) is 0 Å². The number of hydrogen-bond donors (Lipinski definition) is 1. The van der Waals surface area contributed by atoms with Crippen molar-refractivity contribution < 1.29 is 8.42 Å². The number of hydrogen-bond acceptors (Lipinski definition) is 3. The van der Waals surface area contributed by atoms with E-state index in [0.29, 0.717) is 5.52 Å². The summed E-state index contributed by atoms with van der Waals surface area (Å²) in [4.78, 5) is 4.20. The minimum absolute atomic E-state index is 0.0884. The van der Waals surface area contributed by atoms with Gasteiger partial charge < -0.3 is 0 Å². The van der Waals surface area contributed by atoms with Gasteiger partial charge in [0, 0.05) is 11.6 Å². The van der Waals surface area contributed by atoms with Gasteiger partial charge in [-0.15, -0.1) is 0 Å². The summed E-state index contributed by atoms with van der Waals surface area (Å²) in [5.41, 5.74) is 1.20. The summed E-state index contributed by atoms with van der Waals surface area (Å²) < 4.78 is 23.3. The molecule has 4 nitrogen and oxygen atoms in total. The molecule has 0 atom stereocenters. The largest absolute Gasteiger partial charge is 0.255 e. The summed E-state index contributed by atoms with van der Waals surface area (Å²) in [5.74, 6) is 0. The van der Waals surface area contributed by atoms with Crippen molar-refractivity contribution in [3.8, 4) is 0 Å². The molecule has 0 amide bonds. The smallest absolute Gasteiger partial charge is 0.240 e. The molecular formula is C13H16N2O2S. The summed E-state index contributed by atoms with van der Waals surface area (Å²) >= 11 is 0. The second-order valence-corrected chi connectivity index (χ2v) is 6.87. The average Bonchev–Trinajstić information content (AvgIpc) is 2.25. The number of benzene rings is 1. The van der Waals surface area contributed by atoms with Crippen LogP contribution in [-0.2, 0) is 15.4 Å². The van der Waals surface area contributed by atoms with Crippen molar-refractivity contribution >= 4 is 20.9 Å². The zero-order valence-corrected chi connectivity index (χ0v) is 11.5. The van der Waals surface area contributed by atoms with Gasteiger partial charge in [0.05, 0.1) is 5.52 Å². The Balaban J connectivity index is 2.90. The molecule has 5 heteroatoms. The van der Waals surface area contributed by atoms with Crippen molar-refractivity contribution in [2.45, 2.75) is 31.1 Å². The Kier molecular flexibility index (Phi) is 2.91. The molecule has 2 rings (SSSR count). The molecule has 0 saturated heterocycles. The first-order chi connectivity index (χ1) is 8.19. The van der Waals surface area contributed by atoms with Crippen LogP contribution in [0, 0.1) is 0 Å². The highest BCUT2D eigenvalue weighted by atomic mass is 32.2. The van der Waals surface area contributed by atoms with E-state index >= 15 is 0 Å². The third-order valence-electron chi connectivity index (χ3n) is 2.84. The minimum atomic E-state index is -3.77. The lowest BCUT2D eigenvalue weighted by molar-refractivity contribution is 0.585. The van der Waals surface area contributed by atoms with E-state index < -0.39 is 10.0 Å². The number of primary sulfonamides is 1. The molecule has 2 aromatic rings. The van der Waals surface area contributed by atoms with Gasteiger partial charge in [0.25, 0.3) is 0 Å². The average molecular weight is 264 g/mol. The van der Waals surface area contributed by atoms with E-state index in [2.05, 4.69) is 4.98 Å². The quantitative estimate of drug-likeness (QED) is 0.858. The Morgan fingerprint density at radius 3 is 2.44 bits per heavy atom. The molecule has 96 valence electrons. The number of fused-ring (bicyclic) bond motifs is 1. The Bertz CT molecular complexity index is 700. The van der Waals surface area contributed by atoms with Crippen LogP contribution in [-0.4, -0.2) is 13.4 Å². The van der Waals surface area contributed by atoms with Crippen molar-refractivity contribution in [1.82, 2.24) is 4.98 Å². The summed E-state index contributed by atoms with van der Waals surface area (Å²) in [5, 5.41) is 6.05. The molecule has 0 bridgehead atoms. The fourth-order valence-electron chi connectivity index (χ4n) is 1.81. The van der Waals surface area contributed by atoms with Crippen LogP contribution >= 0.6 is 0 Å². The fourth-order valence-corrected chi connectivity index (χ4v) is 2.54. The third-order valence-corrected chi connectivity index (χ3v) is 3.77. The zero-order chi connectivity index (χ0) is 13.6. The predicted octanol–water partition coefficient (Wildman–Crippen LogP) is 2.18. The van der Waals surface area contributed by atoms with E-state index in [9.17, 15) is 8.42 Å². The number of aromatic nitrogens is 1. The van der Waals surface area contributed by atoms with Crippen LogP contribution in [0.1, 0.15) is 26.3 Å². The molecule has 18 heavy (non-hydrogen) atoms. The molecule has 1 aromatic heterocycles. The van der Waals surface area contributed by atoms with Crippen molar-refractivity contribution in [1.29, 1.82) is 0 Å². The van der Waals surface area contributed by atoms with Gasteiger partial charge in [-0.25, -0.2) is 13.6 Å². The van der Waals surface area contributed by atoms with Crippen LogP contribution in [0.15, 0.2) is 35.4 Å². The van der Waals surface area contributed by atoms with E-state index in [1.807, 2.05) is 32.9 Å². The van der Waals surface area contributed by atoms with Crippen LogP contribution in [0.4, 0.5) is 0 Å². The second-order valence-electron chi connectivity index (χ2n) is 5.34. The molecular weight excluding hydrogens is 248 g/mol. The normalized spacial score (nSPS) is 12.9. The maximum Gasteiger partial charge on any atom is 0.240 e. The van der Waals surface area contributed by atoms with Crippen molar-refractivity contribution in [3.05, 3.63) is 36.0 Å². The van der Waals surface area contributed by atoms with Crippen molar-refractivity contribution in [2.24, 2.45) is 5.14 Å². The Morgan fingerprint density at radius 2 is 1.89 bits per heavy atom. The van der Waals surface area contributed by atoms with E-state index in [0.717, 1.165) is 10.9 Å². The Labute approximate surface area is 107 Å². The standard InChI is InChI=1S/C13H16N2O2S/c1-13(2,3)10-7-9-5-4-6-15-12(9)11(8-10)18(14,16)17/h4-8H,1-3H3,(H2,14,16,17). The minimum Gasteiger partial charge on any atom is -0.255 e.